The molecule has 0 atom stereocenters. The zero-order valence-corrected chi connectivity index (χ0v) is 16.2. The first-order chi connectivity index (χ1) is 13.6. The summed E-state index contributed by atoms with van der Waals surface area (Å²) in [6, 6.07) is 13.0. The van der Waals surface area contributed by atoms with E-state index in [1.807, 2.05) is 30.6 Å². The molecule has 2 heterocycles. The van der Waals surface area contributed by atoms with E-state index >= 15 is 0 Å². The van der Waals surface area contributed by atoms with Crippen molar-refractivity contribution in [3.8, 4) is 0 Å². The lowest BCUT2D eigenvalue weighted by Crippen LogP contribution is -2.27. The third-order valence-corrected chi connectivity index (χ3v) is 5.28. The van der Waals surface area contributed by atoms with Crippen molar-refractivity contribution in [1.82, 2.24) is 14.9 Å². The Bertz CT molecular complexity index is 1030. The number of nitrogens with one attached hydrogen (secondary N) is 1. The van der Waals surface area contributed by atoms with Crippen LogP contribution in [0, 0.1) is 0 Å². The minimum absolute atomic E-state index is 0.0482. The molecule has 6 nitrogen and oxygen atoms in total. The number of amides is 2. The van der Waals surface area contributed by atoms with Crippen molar-refractivity contribution in [1.29, 1.82) is 0 Å². The number of halogens is 1. The minimum atomic E-state index is -0.167. The molecule has 7 heteroatoms. The molecule has 0 bridgehead atoms. The molecule has 0 radical (unpaired) electrons. The van der Waals surface area contributed by atoms with Gasteiger partial charge in [0.25, 0.3) is 5.91 Å². The highest BCUT2D eigenvalue weighted by Gasteiger charge is 2.24. The molecular formula is C21H21ClN4O2. The van der Waals surface area contributed by atoms with Crippen LogP contribution in [0.1, 0.15) is 29.6 Å². The number of aromatic nitrogens is 2. The first-order valence-electron chi connectivity index (χ1n) is 9.41. The molecule has 1 aliphatic rings. The molecule has 0 saturated carbocycles. The largest absolute Gasteiger partial charge is 0.352 e. The van der Waals surface area contributed by atoms with Crippen molar-refractivity contribution >= 4 is 40.1 Å². The first kappa shape index (κ1) is 18.5. The number of aryl methyl sites for hydroxylation is 1. The van der Waals surface area contributed by atoms with Crippen LogP contribution in [0.5, 0.6) is 0 Å². The molecule has 144 valence electrons. The van der Waals surface area contributed by atoms with Gasteiger partial charge in [-0.25, -0.2) is 4.98 Å². The fourth-order valence-corrected chi connectivity index (χ4v) is 3.73. The van der Waals surface area contributed by atoms with Gasteiger partial charge in [0.15, 0.2) is 0 Å². The zero-order valence-electron chi connectivity index (χ0n) is 15.4. The lowest BCUT2D eigenvalue weighted by molar-refractivity contribution is -0.117. The number of carbonyl (C=O) groups excluding carboxylic acids is 2. The second kappa shape index (κ2) is 8.02. The summed E-state index contributed by atoms with van der Waals surface area (Å²) in [5.41, 5.74) is 3.18. The normalized spacial score (nSPS) is 14.0. The molecule has 1 aromatic heterocycles. The maximum absolute atomic E-state index is 12.5. The van der Waals surface area contributed by atoms with Crippen LogP contribution < -0.4 is 10.2 Å². The van der Waals surface area contributed by atoms with Crippen LogP contribution in [-0.4, -0.2) is 34.5 Å². The van der Waals surface area contributed by atoms with E-state index in [1.54, 1.807) is 23.1 Å². The van der Waals surface area contributed by atoms with Crippen molar-refractivity contribution < 1.29 is 9.59 Å². The Hall–Kier alpha value is -2.86. The standard InChI is InChI=1S/C21H21ClN4O2/c22-16-9-8-15(13-19(16)26-12-3-7-20(26)27)21(28)23-10-4-11-25-14-24-17-5-1-2-6-18(17)25/h1-2,5-6,8-9,13-14H,3-4,7,10-12H2,(H,23,28). The van der Waals surface area contributed by atoms with E-state index in [1.165, 1.54) is 0 Å². The van der Waals surface area contributed by atoms with Gasteiger partial charge in [0.05, 0.1) is 28.1 Å². The van der Waals surface area contributed by atoms with E-state index in [-0.39, 0.29) is 11.8 Å². The van der Waals surface area contributed by atoms with Gasteiger partial charge in [0, 0.05) is 31.6 Å². The lowest BCUT2D eigenvalue weighted by atomic mass is 10.1. The Balaban J connectivity index is 1.35. The SMILES string of the molecule is O=C(NCCCn1cnc2ccccc21)c1ccc(Cl)c(N2CCCC2=O)c1. The fraction of sp³-hybridized carbons (Fsp3) is 0.286. The van der Waals surface area contributed by atoms with Crippen LogP contribution in [0.2, 0.25) is 5.02 Å². The van der Waals surface area contributed by atoms with Crippen LogP contribution in [0.3, 0.4) is 0 Å². The van der Waals surface area contributed by atoms with E-state index in [2.05, 4.69) is 14.9 Å². The summed E-state index contributed by atoms with van der Waals surface area (Å²) < 4.78 is 2.08. The summed E-state index contributed by atoms with van der Waals surface area (Å²) in [7, 11) is 0. The molecular weight excluding hydrogens is 376 g/mol. The van der Waals surface area contributed by atoms with Gasteiger partial charge in [-0.3, -0.25) is 9.59 Å². The second-order valence-corrected chi connectivity index (χ2v) is 7.26. The Kier molecular flexibility index (Phi) is 5.30. The van der Waals surface area contributed by atoms with E-state index < -0.39 is 0 Å². The number of carbonyl (C=O) groups is 2. The summed E-state index contributed by atoms with van der Waals surface area (Å²) in [4.78, 5) is 30.5. The monoisotopic (exact) mass is 396 g/mol. The molecule has 3 aromatic rings. The molecule has 0 unspecified atom stereocenters. The molecule has 28 heavy (non-hydrogen) atoms. The zero-order chi connectivity index (χ0) is 19.5. The highest BCUT2D eigenvalue weighted by molar-refractivity contribution is 6.34. The highest BCUT2D eigenvalue weighted by Crippen LogP contribution is 2.30. The third kappa shape index (κ3) is 3.73. The topological polar surface area (TPSA) is 67.2 Å². The van der Waals surface area contributed by atoms with Crippen molar-refractivity contribution in [3.05, 3.63) is 59.4 Å². The molecule has 2 amide bonds. The number of rotatable bonds is 6. The van der Waals surface area contributed by atoms with Crippen LogP contribution in [0.25, 0.3) is 11.0 Å². The predicted octanol–water partition coefficient (Wildman–Crippen LogP) is 3.64. The van der Waals surface area contributed by atoms with Crippen molar-refractivity contribution in [2.75, 3.05) is 18.0 Å². The van der Waals surface area contributed by atoms with Crippen LogP contribution in [-0.2, 0) is 11.3 Å². The van der Waals surface area contributed by atoms with E-state index in [0.29, 0.717) is 35.8 Å². The van der Waals surface area contributed by atoms with E-state index in [0.717, 1.165) is 30.4 Å². The van der Waals surface area contributed by atoms with E-state index in [4.69, 9.17) is 11.6 Å². The summed E-state index contributed by atoms with van der Waals surface area (Å²) in [6.07, 6.45) is 3.95. The Morgan fingerprint density at radius 3 is 2.89 bits per heavy atom. The van der Waals surface area contributed by atoms with Gasteiger partial charge in [0.1, 0.15) is 0 Å². The molecule has 1 saturated heterocycles. The number of fused-ring (bicyclic) bond motifs is 1. The summed E-state index contributed by atoms with van der Waals surface area (Å²) >= 11 is 6.24. The number of imidazole rings is 1. The fourth-order valence-electron chi connectivity index (χ4n) is 3.51. The maximum Gasteiger partial charge on any atom is 0.251 e. The van der Waals surface area contributed by atoms with Gasteiger partial charge in [-0.1, -0.05) is 23.7 Å². The van der Waals surface area contributed by atoms with Crippen LogP contribution in [0.15, 0.2) is 48.8 Å². The van der Waals surface area contributed by atoms with Gasteiger partial charge in [-0.05, 0) is 43.2 Å². The first-order valence-corrected chi connectivity index (χ1v) is 9.79. The van der Waals surface area contributed by atoms with Gasteiger partial charge in [-0.15, -0.1) is 0 Å². The van der Waals surface area contributed by atoms with Gasteiger partial charge >= 0.3 is 0 Å². The van der Waals surface area contributed by atoms with E-state index in [9.17, 15) is 9.59 Å². The second-order valence-electron chi connectivity index (χ2n) is 6.85. The summed E-state index contributed by atoms with van der Waals surface area (Å²) in [5, 5.41) is 3.42. The Morgan fingerprint density at radius 1 is 1.21 bits per heavy atom. The number of nitrogens with zero attached hydrogens (tertiary/aromatic N) is 3. The smallest absolute Gasteiger partial charge is 0.251 e. The molecule has 4 rings (SSSR count). The molecule has 1 N–H and O–H groups in total. The quantitative estimate of drug-likeness (QED) is 0.647. The van der Waals surface area contributed by atoms with Gasteiger partial charge < -0.3 is 14.8 Å². The number of anilines is 1. The Labute approximate surface area is 168 Å². The Morgan fingerprint density at radius 2 is 2.07 bits per heavy atom. The predicted molar refractivity (Wildman–Crippen MR) is 110 cm³/mol. The number of benzene rings is 2. The van der Waals surface area contributed by atoms with Crippen molar-refractivity contribution in [3.63, 3.8) is 0 Å². The van der Waals surface area contributed by atoms with Gasteiger partial charge in [-0.2, -0.15) is 0 Å². The van der Waals surface area contributed by atoms with Gasteiger partial charge in [0.2, 0.25) is 5.91 Å². The summed E-state index contributed by atoms with van der Waals surface area (Å²) in [5.74, 6) is -0.118. The maximum atomic E-state index is 12.5. The third-order valence-electron chi connectivity index (χ3n) is 4.96. The molecule has 0 aliphatic carbocycles. The number of para-hydroxylation sites is 2. The van der Waals surface area contributed by atoms with Crippen LogP contribution >= 0.6 is 11.6 Å². The average molecular weight is 397 g/mol. The number of hydrogen-bond donors (Lipinski definition) is 1. The molecule has 0 spiro atoms. The molecule has 1 aliphatic heterocycles. The van der Waals surface area contributed by atoms with Crippen molar-refractivity contribution in [2.24, 2.45) is 0 Å². The average Bonchev–Trinajstić information content (AvgIpc) is 3.32. The summed E-state index contributed by atoms with van der Waals surface area (Å²) in [6.45, 7) is 1.96. The van der Waals surface area contributed by atoms with Crippen LogP contribution in [0.4, 0.5) is 5.69 Å². The number of hydrogen-bond acceptors (Lipinski definition) is 3. The van der Waals surface area contributed by atoms with Crippen molar-refractivity contribution in [2.45, 2.75) is 25.8 Å². The lowest BCUT2D eigenvalue weighted by Gasteiger charge is -2.18. The minimum Gasteiger partial charge on any atom is -0.352 e. The highest BCUT2D eigenvalue weighted by atomic mass is 35.5. The molecule has 1 fully saturated rings. The molecule has 2 aromatic carbocycles.